The second-order valence-electron chi connectivity index (χ2n) is 4.55. The molecule has 0 bridgehead atoms. The maximum absolute atomic E-state index is 5.87. The molecular formula is C13H14ClN3O2S. The van der Waals surface area contributed by atoms with Crippen LogP contribution in [0.4, 0.5) is 0 Å². The van der Waals surface area contributed by atoms with Crippen LogP contribution in [0.5, 0.6) is 0 Å². The Morgan fingerprint density at radius 2 is 1.90 bits per heavy atom. The standard InChI is InChI=1S/C13H14ClN3O2S/c14-11-3-1-10(2-4-11)12-15-17(13(20)19-12)9-16-5-7-18-8-6-16/h1-4H,5-9H2. The van der Waals surface area contributed by atoms with Gasteiger partial charge in [0.1, 0.15) is 0 Å². The second-order valence-corrected chi connectivity index (χ2v) is 5.34. The molecule has 20 heavy (non-hydrogen) atoms. The molecule has 1 fully saturated rings. The highest BCUT2D eigenvalue weighted by Gasteiger charge is 2.14. The lowest BCUT2D eigenvalue weighted by Crippen LogP contribution is -2.37. The van der Waals surface area contributed by atoms with Crippen molar-refractivity contribution in [3.8, 4) is 11.5 Å². The second kappa shape index (κ2) is 6.05. The molecule has 5 nitrogen and oxygen atoms in total. The van der Waals surface area contributed by atoms with E-state index in [4.69, 9.17) is 33.0 Å². The minimum Gasteiger partial charge on any atom is -0.409 e. The lowest BCUT2D eigenvalue weighted by Gasteiger charge is -2.25. The van der Waals surface area contributed by atoms with E-state index in [0.29, 0.717) is 22.4 Å². The maximum atomic E-state index is 5.87. The van der Waals surface area contributed by atoms with Crippen LogP contribution in [0.2, 0.25) is 5.02 Å². The average Bonchev–Trinajstić information content (AvgIpc) is 2.82. The Hall–Kier alpha value is -1.21. The third-order valence-corrected chi connectivity index (χ3v) is 3.68. The van der Waals surface area contributed by atoms with E-state index in [0.717, 1.165) is 31.9 Å². The molecule has 0 radical (unpaired) electrons. The number of aromatic nitrogens is 2. The van der Waals surface area contributed by atoms with Gasteiger partial charge in [-0.3, -0.25) is 4.90 Å². The van der Waals surface area contributed by atoms with Crippen molar-refractivity contribution < 1.29 is 9.15 Å². The zero-order valence-corrected chi connectivity index (χ0v) is 12.4. The van der Waals surface area contributed by atoms with E-state index in [2.05, 4.69) is 10.00 Å². The van der Waals surface area contributed by atoms with Crippen molar-refractivity contribution in [2.45, 2.75) is 6.67 Å². The lowest BCUT2D eigenvalue weighted by atomic mass is 10.2. The fraction of sp³-hybridized carbons (Fsp3) is 0.385. The first-order valence-corrected chi connectivity index (χ1v) is 7.15. The monoisotopic (exact) mass is 311 g/mol. The van der Waals surface area contributed by atoms with E-state index in [1.165, 1.54) is 0 Å². The van der Waals surface area contributed by atoms with E-state index >= 15 is 0 Å². The zero-order valence-electron chi connectivity index (χ0n) is 10.8. The number of morpholine rings is 1. The molecule has 1 aliphatic rings. The van der Waals surface area contributed by atoms with Gasteiger partial charge in [0.05, 0.1) is 19.9 Å². The van der Waals surface area contributed by atoms with Crippen molar-refractivity contribution in [1.82, 2.24) is 14.7 Å². The van der Waals surface area contributed by atoms with Gasteiger partial charge >= 0.3 is 0 Å². The van der Waals surface area contributed by atoms with Gasteiger partial charge in [0.2, 0.25) is 5.89 Å². The van der Waals surface area contributed by atoms with Crippen molar-refractivity contribution in [2.24, 2.45) is 0 Å². The molecule has 0 saturated carbocycles. The quantitative estimate of drug-likeness (QED) is 0.816. The van der Waals surface area contributed by atoms with Crippen LogP contribution >= 0.6 is 23.8 Å². The third kappa shape index (κ3) is 3.09. The molecule has 1 aromatic carbocycles. The lowest BCUT2D eigenvalue weighted by molar-refractivity contribution is 0.0206. The number of rotatable bonds is 3. The number of ether oxygens (including phenoxy) is 1. The van der Waals surface area contributed by atoms with Gasteiger partial charge in [-0.1, -0.05) is 11.6 Å². The van der Waals surface area contributed by atoms with E-state index in [-0.39, 0.29) is 0 Å². The van der Waals surface area contributed by atoms with Crippen molar-refractivity contribution in [2.75, 3.05) is 26.3 Å². The number of benzene rings is 1. The van der Waals surface area contributed by atoms with Crippen LogP contribution in [0.1, 0.15) is 0 Å². The summed E-state index contributed by atoms with van der Waals surface area (Å²) in [5.74, 6) is 0.514. The Morgan fingerprint density at radius 3 is 2.60 bits per heavy atom. The first-order chi connectivity index (χ1) is 9.72. The van der Waals surface area contributed by atoms with Gasteiger partial charge in [0.15, 0.2) is 0 Å². The summed E-state index contributed by atoms with van der Waals surface area (Å²) in [5, 5.41) is 5.10. The fourth-order valence-corrected chi connectivity index (χ4v) is 2.34. The molecule has 0 unspecified atom stereocenters. The molecule has 3 rings (SSSR count). The van der Waals surface area contributed by atoms with Gasteiger partial charge in [0, 0.05) is 23.7 Å². The van der Waals surface area contributed by atoms with Crippen LogP contribution in [0.15, 0.2) is 28.7 Å². The first-order valence-electron chi connectivity index (χ1n) is 6.36. The minimum absolute atomic E-state index is 0.376. The maximum Gasteiger partial charge on any atom is 0.288 e. The number of halogens is 1. The molecule has 2 heterocycles. The molecular weight excluding hydrogens is 298 g/mol. The van der Waals surface area contributed by atoms with Crippen molar-refractivity contribution in [3.05, 3.63) is 34.1 Å². The SMILES string of the molecule is S=c1oc(-c2ccc(Cl)cc2)nn1CN1CCOCC1. The number of nitrogens with zero attached hydrogens (tertiary/aromatic N) is 3. The molecule has 106 valence electrons. The normalized spacial score (nSPS) is 16.4. The van der Waals surface area contributed by atoms with Crippen molar-refractivity contribution in [3.63, 3.8) is 0 Å². The fourth-order valence-electron chi connectivity index (χ4n) is 2.04. The van der Waals surface area contributed by atoms with Gasteiger partial charge in [-0.25, -0.2) is 4.68 Å². The highest BCUT2D eigenvalue weighted by molar-refractivity contribution is 7.71. The predicted octanol–water partition coefficient (Wildman–Crippen LogP) is 2.82. The molecule has 1 saturated heterocycles. The van der Waals surface area contributed by atoms with E-state index < -0.39 is 0 Å². The van der Waals surface area contributed by atoms with E-state index in [1.54, 1.807) is 16.8 Å². The Labute approximate surface area is 126 Å². The highest BCUT2D eigenvalue weighted by Crippen LogP contribution is 2.20. The van der Waals surface area contributed by atoms with Gasteiger partial charge in [-0.15, -0.1) is 5.10 Å². The Morgan fingerprint density at radius 1 is 1.20 bits per heavy atom. The summed E-state index contributed by atoms with van der Waals surface area (Å²) in [6.07, 6.45) is 0. The Balaban J connectivity index is 1.79. The van der Waals surface area contributed by atoms with Gasteiger partial charge in [0.25, 0.3) is 4.84 Å². The zero-order chi connectivity index (χ0) is 13.9. The highest BCUT2D eigenvalue weighted by atomic mass is 35.5. The third-order valence-electron chi connectivity index (χ3n) is 3.14. The van der Waals surface area contributed by atoms with Crippen LogP contribution in [-0.4, -0.2) is 41.0 Å². The molecule has 1 aliphatic heterocycles. The largest absolute Gasteiger partial charge is 0.409 e. The molecule has 0 N–H and O–H groups in total. The summed E-state index contributed by atoms with van der Waals surface area (Å²) < 4.78 is 12.6. The molecule has 7 heteroatoms. The summed E-state index contributed by atoms with van der Waals surface area (Å²) >= 11 is 11.1. The van der Waals surface area contributed by atoms with Crippen LogP contribution in [-0.2, 0) is 11.4 Å². The summed E-state index contributed by atoms with van der Waals surface area (Å²) in [4.78, 5) is 2.61. The van der Waals surface area contributed by atoms with Crippen LogP contribution < -0.4 is 0 Å². The van der Waals surface area contributed by atoms with Crippen molar-refractivity contribution >= 4 is 23.8 Å². The minimum atomic E-state index is 0.376. The molecule has 0 atom stereocenters. The first kappa shape index (κ1) is 13.8. The van der Waals surface area contributed by atoms with Gasteiger partial charge in [-0.05, 0) is 36.5 Å². The number of hydrogen-bond acceptors (Lipinski definition) is 5. The Bertz CT molecular complexity index is 632. The molecule has 0 amide bonds. The average molecular weight is 312 g/mol. The predicted molar refractivity (Wildman–Crippen MR) is 78.2 cm³/mol. The van der Waals surface area contributed by atoms with Crippen LogP contribution in [0.25, 0.3) is 11.5 Å². The van der Waals surface area contributed by atoms with E-state index in [9.17, 15) is 0 Å². The summed E-state index contributed by atoms with van der Waals surface area (Å²) in [5.41, 5.74) is 0.862. The van der Waals surface area contributed by atoms with Gasteiger partial charge in [-0.2, -0.15) is 0 Å². The summed E-state index contributed by atoms with van der Waals surface area (Å²) in [6.45, 7) is 3.87. The van der Waals surface area contributed by atoms with E-state index in [1.807, 2.05) is 12.1 Å². The molecule has 2 aromatic rings. The Kier molecular flexibility index (Phi) is 4.16. The van der Waals surface area contributed by atoms with Crippen LogP contribution in [0.3, 0.4) is 0 Å². The van der Waals surface area contributed by atoms with Gasteiger partial charge < -0.3 is 9.15 Å². The number of hydrogen-bond donors (Lipinski definition) is 0. The van der Waals surface area contributed by atoms with Crippen molar-refractivity contribution in [1.29, 1.82) is 0 Å². The topological polar surface area (TPSA) is 43.4 Å². The summed E-state index contributed by atoms with van der Waals surface area (Å²) in [6, 6.07) is 7.33. The molecule has 0 aliphatic carbocycles. The summed E-state index contributed by atoms with van der Waals surface area (Å²) in [7, 11) is 0. The van der Waals surface area contributed by atoms with Crippen LogP contribution in [0, 0.1) is 4.84 Å². The molecule has 0 spiro atoms. The smallest absolute Gasteiger partial charge is 0.288 e. The molecule has 1 aromatic heterocycles.